The van der Waals surface area contributed by atoms with Crippen LogP contribution in [0.1, 0.15) is 32.6 Å². The van der Waals surface area contributed by atoms with Crippen molar-refractivity contribution in [3.05, 3.63) is 0 Å². The summed E-state index contributed by atoms with van der Waals surface area (Å²) in [6.07, 6.45) is 5.04. The van der Waals surface area contributed by atoms with Crippen molar-refractivity contribution in [1.29, 1.82) is 0 Å². The predicted octanol–water partition coefficient (Wildman–Crippen LogP) is 1.59. The Morgan fingerprint density at radius 2 is 2.00 bits per heavy atom. The molecule has 17 heavy (non-hydrogen) atoms. The summed E-state index contributed by atoms with van der Waals surface area (Å²) in [6.45, 7) is 6.11. The molecule has 0 aliphatic heterocycles. The van der Waals surface area contributed by atoms with Gasteiger partial charge in [0.2, 0.25) is 0 Å². The first-order valence-electron chi connectivity index (χ1n) is 6.80. The molecule has 102 valence electrons. The molecule has 0 aromatic carbocycles. The molecule has 2 atom stereocenters. The largest absolute Gasteiger partial charge is 0.385 e. The molecular weight excluding hydrogens is 218 g/mol. The van der Waals surface area contributed by atoms with E-state index in [1.165, 1.54) is 19.3 Å². The molecule has 0 bridgehead atoms. The minimum absolute atomic E-state index is 0.387. The fourth-order valence-electron chi connectivity index (χ4n) is 2.29. The van der Waals surface area contributed by atoms with E-state index in [9.17, 15) is 0 Å². The quantitative estimate of drug-likeness (QED) is 0.593. The summed E-state index contributed by atoms with van der Waals surface area (Å²) in [5.74, 6) is 0. The predicted molar refractivity (Wildman–Crippen MR) is 68.4 cm³/mol. The second kappa shape index (κ2) is 9.83. The third kappa shape index (κ3) is 6.36. The number of ether oxygens (including phenoxy) is 3. The van der Waals surface area contributed by atoms with E-state index in [1.807, 2.05) is 0 Å². The van der Waals surface area contributed by atoms with Crippen molar-refractivity contribution in [2.24, 2.45) is 0 Å². The first-order valence-corrected chi connectivity index (χ1v) is 6.80. The van der Waals surface area contributed by atoms with E-state index in [-0.39, 0.29) is 0 Å². The van der Waals surface area contributed by atoms with Gasteiger partial charge in [-0.1, -0.05) is 6.92 Å². The molecule has 1 saturated carbocycles. The fraction of sp³-hybridized carbons (Fsp3) is 1.00. The topological polar surface area (TPSA) is 39.7 Å². The van der Waals surface area contributed by atoms with Crippen LogP contribution in [0.4, 0.5) is 0 Å². The van der Waals surface area contributed by atoms with Gasteiger partial charge in [0.05, 0.1) is 19.3 Å². The Morgan fingerprint density at radius 1 is 1.12 bits per heavy atom. The summed E-state index contributed by atoms with van der Waals surface area (Å²) in [7, 11) is 1.71. The molecule has 4 heteroatoms. The van der Waals surface area contributed by atoms with Crippen molar-refractivity contribution in [3.63, 3.8) is 0 Å². The Morgan fingerprint density at radius 3 is 2.76 bits per heavy atom. The van der Waals surface area contributed by atoms with E-state index in [2.05, 4.69) is 12.2 Å². The summed E-state index contributed by atoms with van der Waals surface area (Å²) in [4.78, 5) is 0. The van der Waals surface area contributed by atoms with Crippen LogP contribution in [0.25, 0.3) is 0 Å². The molecule has 1 aliphatic carbocycles. The van der Waals surface area contributed by atoms with Gasteiger partial charge in [-0.3, -0.25) is 0 Å². The zero-order valence-corrected chi connectivity index (χ0v) is 11.2. The molecule has 2 unspecified atom stereocenters. The van der Waals surface area contributed by atoms with Crippen LogP contribution in [-0.4, -0.2) is 52.2 Å². The summed E-state index contributed by atoms with van der Waals surface area (Å²) < 4.78 is 16.3. The second-order valence-electron chi connectivity index (χ2n) is 4.46. The smallest absolute Gasteiger partial charge is 0.0729 e. The molecule has 0 aromatic heterocycles. The number of nitrogens with one attached hydrogen (secondary N) is 1. The Balaban J connectivity index is 1.94. The lowest BCUT2D eigenvalue weighted by Gasteiger charge is -2.20. The highest BCUT2D eigenvalue weighted by Gasteiger charge is 2.26. The minimum atomic E-state index is 0.387. The lowest BCUT2D eigenvalue weighted by molar-refractivity contribution is -0.00543. The zero-order chi connectivity index (χ0) is 12.3. The van der Waals surface area contributed by atoms with Gasteiger partial charge in [-0.25, -0.2) is 0 Å². The molecule has 1 aliphatic rings. The first kappa shape index (κ1) is 14.9. The molecular formula is C13H27NO3. The van der Waals surface area contributed by atoms with Crippen LogP contribution in [0.2, 0.25) is 0 Å². The van der Waals surface area contributed by atoms with Gasteiger partial charge in [-0.2, -0.15) is 0 Å². The highest BCUT2D eigenvalue weighted by atomic mass is 16.5. The summed E-state index contributed by atoms with van der Waals surface area (Å²) >= 11 is 0. The van der Waals surface area contributed by atoms with Crippen LogP contribution in [-0.2, 0) is 14.2 Å². The standard InChI is InChI=1S/C13H27NO3/c1-3-14-12-6-4-7-13(12)17-11-10-16-9-5-8-15-2/h12-14H,3-11H2,1-2H3. The molecule has 0 radical (unpaired) electrons. The van der Waals surface area contributed by atoms with Crippen molar-refractivity contribution in [3.8, 4) is 0 Å². The monoisotopic (exact) mass is 245 g/mol. The van der Waals surface area contributed by atoms with Gasteiger partial charge >= 0.3 is 0 Å². The highest BCUT2D eigenvalue weighted by Crippen LogP contribution is 2.21. The fourth-order valence-corrected chi connectivity index (χ4v) is 2.29. The molecule has 4 nitrogen and oxygen atoms in total. The van der Waals surface area contributed by atoms with E-state index in [4.69, 9.17) is 14.2 Å². The third-order valence-corrected chi connectivity index (χ3v) is 3.12. The van der Waals surface area contributed by atoms with Gasteiger partial charge in [0.1, 0.15) is 0 Å². The molecule has 0 heterocycles. The van der Waals surface area contributed by atoms with Crippen LogP contribution < -0.4 is 5.32 Å². The van der Waals surface area contributed by atoms with Gasteiger partial charge in [0.15, 0.2) is 0 Å². The van der Waals surface area contributed by atoms with Crippen molar-refractivity contribution >= 4 is 0 Å². The number of likely N-dealkylation sites (N-methyl/N-ethyl adjacent to an activating group) is 1. The Bertz CT molecular complexity index is 178. The number of rotatable bonds is 10. The van der Waals surface area contributed by atoms with Crippen LogP contribution >= 0.6 is 0 Å². The number of hydrogen-bond acceptors (Lipinski definition) is 4. The minimum Gasteiger partial charge on any atom is -0.385 e. The molecule has 1 rings (SSSR count). The first-order chi connectivity index (χ1) is 8.38. The van der Waals surface area contributed by atoms with E-state index < -0.39 is 0 Å². The summed E-state index contributed by atoms with van der Waals surface area (Å²) in [6, 6.07) is 0.550. The van der Waals surface area contributed by atoms with Gasteiger partial charge in [-0.05, 0) is 32.2 Å². The molecule has 0 amide bonds. The number of methoxy groups -OCH3 is 1. The maximum atomic E-state index is 5.86. The maximum absolute atomic E-state index is 5.86. The van der Waals surface area contributed by atoms with Crippen LogP contribution in [0.15, 0.2) is 0 Å². The summed E-state index contributed by atoms with van der Waals surface area (Å²) in [5, 5.41) is 3.48. The number of hydrogen-bond donors (Lipinski definition) is 1. The molecule has 0 spiro atoms. The van der Waals surface area contributed by atoms with Crippen LogP contribution in [0.3, 0.4) is 0 Å². The lowest BCUT2D eigenvalue weighted by Crippen LogP contribution is -2.37. The van der Waals surface area contributed by atoms with Crippen LogP contribution in [0, 0.1) is 0 Å². The van der Waals surface area contributed by atoms with Gasteiger partial charge in [0, 0.05) is 26.4 Å². The maximum Gasteiger partial charge on any atom is 0.0729 e. The molecule has 1 N–H and O–H groups in total. The molecule has 0 aromatic rings. The van der Waals surface area contributed by atoms with Crippen molar-refractivity contribution < 1.29 is 14.2 Å². The van der Waals surface area contributed by atoms with E-state index in [0.717, 1.165) is 26.2 Å². The average Bonchev–Trinajstić information content (AvgIpc) is 2.76. The Labute approximate surface area is 105 Å². The zero-order valence-electron chi connectivity index (χ0n) is 11.2. The molecule has 1 fully saturated rings. The van der Waals surface area contributed by atoms with Gasteiger partial charge in [-0.15, -0.1) is 0 Å². The van der Waals surface area contributed by atoms with Crippen LogP contribution in [0.5, 0.6) is 0 Å². The molecule has 0 saturated heterocycles. The van der Waals surface area contributed by atoms with Gasteiger partial charge < -0.3 is 19.5 Å². The third-order valence-electron chi connectivity index (χ3n) is 3.12. The van der Waals surface area contributed by atoms with Gasteiger partial charge in [0.25, 0.3) is 0 Å². The highest BCUT2D eigenvalue weighted by molar-refractivity contribution is 4.83. The van der Waals surface area contributed by atoms with E-state index >= 15 is 0 Å². The Kier molecular flexibility index (Phi) is 8.61. The second-order valence-corrected chi connectivity index (χ2v) is 4.46. The Hall–Kier alpha value is -0.160. The van der Waals surface area contributed by atoms with Crippen molar-refractivity contribution in [2.45, 2.75) is 44.8 Å². The lowest BCUT2D eigenvalue weighted by atomic mass is 10.2. The van der Waals surface area contributed by atoms with E-state index in [1.54, 1.807) is 7.11 Å². The summed E-state index contributed by atoms with van der Waals surface area (Å²) in [5.41, 5.74) is 0. The SMILES string of the molecule is CCNC1CCCC1OCCOCCCOC. The van der Waals surface area contributed by atoms with Crippen molar-refractivity contribution in [1.82, 2.24) is 5.32 Å². The van der Waals surface area contributed by atoms with E-state index in [0.29, 0.717) is 25.4 Å². The van der Waals surface area contributed by atoms with Crippen molar-refractivity contribution in [2.75, 3.05) is 40.1 Å². The normalized spacial score (nSPS) is 24.4. The average molecular weight is 245 g/mol.